The molecule has 0 amide bonds. The molecule has 0 radical (unpaired) electrons. The second kappa shape index (κ2) is 6.52. The topological polar surface area (TPSA) is 126 Å². The normalized spacial score (nSPS) is 12.5. The number of hydrogen-bond acceptors (Lipinski definition) is 8. The molecule has 1 atom stereocenters. The molecule has 0 fully saturated rings. The molecule has 0 spiro atoms. The van der Waals surface area contributed by atoms with Gasteiger partial charge < -0.3 is 0 Å². The fraction of sp³-hybridized carbons (Fsp3) is 0.250. The highest BCUT2D eigenvalue weighted by Gasteiger charge is 2.14. The number of aromatic nitrogens is 9. The van der Waals surface area contributed by atoms with Crippen molar-refractivity contribution >= 4 is 21.8 Å². The number of fused-ring (bicyclic) bond motifs is 2. The van der Waals surface area contributed by atoms with Crippen LogP contribution in [0.2, 0.25) is 0 Å². The van der Waals surface area contributed by atoms with Crippen LogP contribution in [0, 0.1) is 0 Å². The van der Waals surface area contributed by atoms with Gasteiger partial charge in [-0.05, 0) is 29.5 Å². The predicted octanol–water partition coefficient (Wildman–Crippen LogP) is -0.0649. The molecular weight excluding hydrogens is 350 g/mol. The van der Waals surface area contributed by atoms with Crippen LogP contribution in [0.3, 0.4) is 0 Å². The van der Waals surface area contributed by atoms with E-state index in [-0.39, 0.29) is 23.7 Å². The van der Waals surface area contributed by atoms with E-state index in [0.29, 0.717) is 28.4 Å². The maximum atomic E-state index is 12.9. The smallest absolute Gasteiger partial charge is 0.277 e. The highest BCUT2D eigenvalue weighted by atomic mass is 16.1. The third kappa shape index (κ3) is 2.88. The number of benzene rings is 1. The molecule has 0 aliphatic heterocycles. The van der Waals surface area contributed by atoms with Gasteiger partial charge in [0.25, 0.3) is 11.1 Å². The Hall–Kier alpha value is -3.76. The summed E-state index contributed by atoms with van der Waals surface area (Å²) in [6, 6.07) is 2.90. The summed E-state index contributed by atoms with van der Waals surface area (Å²) in [5.41, 5.74) is 0.227. The fourth-order valence-corrected chi connectivity index (χ4v) is 2.88. The van der Waals surface area contributed by atoms with Crippen LogP contribution in [0.4, 0.5) is 0 Å². The monoisotopic (exact) mass is 365 g/mol. The fourth-order valence-electron chi connectivity index (χ4n) is 2.88. The van der Waals surface area contributed by atoms with E-state index in [0.717, 1.165) is 0 Å². The van der Waals surface area contributed by atoms with Gasteiger partial charge in [0.1, 0.15) is 11.8 Å². The summed E-state index contributed by atoms with van der Waals surface area (Å²) < 4.78 is 4.24. The molecule has 4 rings (SSSR count). The Morgan fingerprint density at radius 2 is 1.89 bits per heavy atom. The zero-order valence-corrected chi connectivity index (χ0v) is 14.4. The second-order valence-corrected chi connectivity index (χ2v) is 6.09. The third-order valence-electron chi connectivity index (χ3n) is 4.25. The van der Waals surface area contributed by atoms with E-state index < -0.39 is 0 Å². The molecule has 0 unspecified atom stereocenters. The lowest BCUT2D eigenvalue weighted by molar-refractivity contribution is 0.419. The highest BCUT2D eigenvalue weighted by Crippen LogP contribution is 2.15. The minimum Gasteiger partial charge on any atom is -0.294 e. The molecule has 27 heavy (non-hydrogen) atoms. The first kappa shape index (κ1) is 16.7. The summed E-state index contributed by atoms with van der Waals surface area (Å²) in [6.07, 6.45) is 4.50. The summed E-state index contributed by atoms with van der Waals surface area (Å²) >= 11 is 0. The molecule has 3 aromatic heterocycles. The molecule has 0 saturated heterocycles. The molecule has 136 valence electrons. The van der Waals surface area contributed by atoms with Crippen molar-refractivity contribution < 1.29 is 0 Å². The molecule has 3 heterocycles. The van der Waals surface area contributed by atoms with E-state index in [1.807, 2.05) is 6.92 Å². The van der Waals surface area contributed by atoms with E-state index in [4.69, 9.17) is 0 Å². The Bertz CT molecular complexity index is 1260. The molecule has 11 nitrogen and oxygen atoms in total. The Labute approximate surface area is 151 Å². The summed E-state index contributed by atoms with van der Waals surface area (Å²) in [5, 5.41) is 19.6. The van der Waals surface area contributed by atoms with E-state index >= 15 is 0 Å². The van der Waals surface area contributed by atoms with Crippen molar-refractivity contribution in [2.75, 3.05) is 0 Å². The Morgan fingerprint density at radius 3 is 2.63 bits per heavy atom. The van der Waals surface area contributed by atoms with E-state index in [9.17, 15) is 9.59 Å². The average Bonchev–Trinajstić information content (AvgIpc) is 3.17. The van der Waals surface area contributed by atoms with Crippen molar-refractivity contribution in [1.82, 2.24) is 44.8 Å². The maximum Gasteiger partial charge on any atom is 0.277 e. The first-order chi connectivity index (χ1) is 13.1. The van der Waals surface area contributed by atoms with Crippen LogP contribution >= 0.6 is 0 Å². The van der Waals surface area contributed by atoms with Crippen LogP contribution in [-0.2, 0) is 13.1 Å². The minimum atomic E-state index is -0.306. The van der Waals surface area contributed by atoms with Gasteiger partial charge in [0.05, 0.1) is 41.7 Å². The van der Waals surface area contributed by atoms with Gasteiger partial charge in [0.15, 0.2) is 0 Å². The Balaban J connectivity index is 1.84. The number of nitrogens with zero attached hydrogens (tertiary/aromatic N) is 9. The molecule has 0 bridgehead atoms. The maximum absolute atomic E-state index is 12.9. The van der Waals surface area contributed by atoms with Gasteiger partial charge in [0.2, 0.25) is 0 Å². The van der Waals surface area contributed by atoms with Crippen molar-refractivity contribution in [3.05, 3.63) is 58.1 Å². The molecule has 0 N–H and O–H groups in total. The number of tetrazole rings is 1. The zero-order chi connectivity index (χ0) is 19.0. The van der Waals surface area contributed by atoms with Crippen LogP contribution in [-0.4, -0.2) is 44.8 Å². The van der Waals surface area contributed by atoms with Crippen molar-refractivity contribution in [3.8, 4) is 0 Å². The molecular formula is C16H15N9O2. The predicted molar refractivity (Wildman–Crippen MR) is 96.1 cm³/mol. The molecule has 1 aromatic carbocycles. The molecule has 0 aliphatic carbocycles. The van der Waals surface area contributed by atoms with E-state index in [1.54, 1.807) is 18.2 Å². The van der Waals surface area contributed by atoms with Gasteiger partial charge in [-0.2, -0.15) is 0 Å². The van der Waals surface area contributed by atoms with Gasteiger partial charge >= 0.3 is 0 Å². The van der Waals surface area contributed by atoms with Gasteiger partial charge in [-0.1, -0.05) is 11.3 Å². The number of rotatable bonds is 5. The Kier molecular flexibility index (Phi) is 4.03. The van der Waals surface area contributed by atoms with Gasteiger partial charge in [-0.15, -0.1) is 16.8 Å². The van der Waals surface area contributed by atoms with Gasteiger partial charge in [0, 0.05) is 0 Å². The summed E-state index contributed by atoms with van der Waals surface area (Å²) in [7, 11) is 0. The van der Waals surface area contributed by atoms with Crippen molar-refractivity contribution in [1.29, 1.82) is 0 Å². The van der Waals surface area contributed by atoms with Crippen LogP contribution in [0.5, 0.6) is 0 Å². The van der Waals surface area contributed by atoms with Crippen molar-refractivity contribution in [2.45, 2.75) is 26.1 Å². The summed E-state index contributed by atoms with van der Waals surface area (Å²) in [6.45, 7) is 6.13. The lowest BCUT2D eigenvalue weighted by Crippen LogP contribution is -2.27. The summed E-state index contributed by atoms with van der Waals surface area (Å²) in [5.74, 6) is 0. The molecule has 0 aliphatic rings. The number of allylic oxidation sites excluding steroid dienone is 1. The van der Waals surface area contributed by atoms with Crippen molar-refractivity contribution in [2.24, 2.45) is 0 Å². The Morgan fingerprint density at radius 1 is 1.11 bits per heavy atom. The van der Waals surface area contributed by atoms with Gasteiger partial charge in [-0.25, -0.2) is 14.3 Å². The molecule has 0 saturated carbocycles. The van der Waals surface area contributed by atoms with Crippen LogP contribution in [0.25, 0.3) is 21.8 Å². The SMILES string of the molecule is C=CCn1nnc2cc3c(=O)n([C@H](C)Cn4cnnn4)cnc3cc2c1=O. The second-order valence-electron chi connectivity index (χ2n) is 6.09. The van der Waals surface area contributed by atoms with Crippen LogP contribution in [0.15, 0.2) is 47.0 Å². The molecule has 11 heteroatoms. The van der Waals surface area contributed by atoms with E-state index in [2.05, 4.69) is 37.4 Å². The summed E-state index contributed by atoms with van der Waals surface area (Å²) in [4.78, 5) is 29.7. The standard InChI is InChI=1S/C16H15N9O2/c1-3-4-25-16(27)12-5-13-11(6-14(12)19-21-25)15(26)24(8-17-13)10(2)7-23-9-18-20-22-23/h3,5-6,8-10H,1,4,7H2,2H3/t10-/m1/s1. The van der Waals surface area contributed by atoms with Crippen LogP contribution in [0.1, 0.15) is 13.0 Å². The van der Waals surface area contributed by atoms with Crippen molar-refractivity contribution in [3.63, 3.8) is 0 Å². The average molecular weight is 365 g/mol. The largest absolute Gasteiger partial charge is 0.294 e. The number of hydrogen-bond donors (Lipinski definition) is 0. The first-order valence-electron chi connectivity index (χ1n) is 8.18. The molecule has 4 aromatic rings. The highest BCUT2D eigenvalue weighted by molar-refractivity contribution is 5.93. The first-order valence-corrected chi connectivity index (χ1v) is 8.18. The quantitative estimate of drug-likeness (QED) is 0.355. The lowest BCUT2D eigenvalue weighted by atomic mass is 10.1. The van der Waals surface area contributed by atoms with Gasteiger partial charge in [-0.3, -0.25) is 14.2 Å². The minimum absolute atomic E-state index is 0.222. The lowest BCUT2D eigenvalue weighted by Gasteiger charge is -2.14. The van der Waals surface area contributed by atoms with E-state index in [1.165, 1.54) is 26.6 Å². The third-order valence-corrected chi connectivity index (χ3v) is 4.25. The van der Waals surface area contributed by atoms with Crippen LogP contribution < -0.4 is 11.1 Å². The zero-order valence-electron chi connectivity index (χ0n) is 14.4.